The molecule has 0 fully saturated rings. The fraction of sp³-hybridized carbons (Fsp3) is 0.105. The van der Waals surface area contributed by atoms with E-state index in [-0.39, 0.29) is 11.8 Å². The lowest BCUT2D eigenvalue weighted by atomic mass is 10.1. The van der Waals surface area contributed by atoms with Crippen LogP contribution in [0.1, 0.15) is 31.3 Å². The molecule has 2 N–H and O–H groups in total. The molecule has 1 heterocycles. The average molecular weight is 351 g/mol. The molecule has 0 aliphatic heterocycles. The summed E-state index contributed by atoms with van der Waals surface area (Å²) >= 11 is 1.16. The van der Waals surface area contributed by atoms with E-state index in [2.05, 4.69) is 15.6 Å². The van der Waals surface area contributed by atoms with Gasteiger partial charge in [-0.3, -0.25) is 14.9 Å². The third-order valence-corrected chi connectivity index (χ3v) is 4.64. The fourth-order valence-electron chi connectivity index (χ4n) is 2.24. The Balaban J connectivity index is 1.72. The van der Waals surface area contributed by atoms with Gasteiger partial charge in [0.25, 0.3) is 11.8 Å². The maximum Gasteiger partial charge on any atom is 0.267 e. The number of amides is 2. The Morgan fingerprint density at radius 3 is 2.24 bits per heavy atom. The Labute approximate surface area is 149 Å². The molecule has 0 aliphatic rings. The van der Waals surface area contributed by atoms with Crippen molar-refractivity contribution in [3.8, 4) is 0 Å². The van der Waals surface area contributed by atoms with Crippen LogP contribution in [0.25, 0.3) is 0 Å². The minimum atomic E-state index is -0.247. The van der Waals surface area contributed by atoms with E-state index >= 15 is 0 Å². The van der Waals surface area contributed by atoms with Gasteiger partial charge in [-0.2, -0.15) is 0 Å². The highest BCUT2D eigenvalue weighted by molar-refractivity contribution is 7.17. The predicted molar refractivity (Wildman–Crippen MR) is 100 cm³/mol. The van der Waals surface area contributed by atoms with Gasteiger partial charge in [-0.25, -0.2) is 4.98 Å². The highest BCUT2D eigenvalue weighted by Gasteiger charge is 2.17. The minimum Gasteiger partial charge on any atom is -0.321 e. The summed E-state index contributed by atoms with van der Waals surface area (Å²) in [6.45, 7) is 3.71. The highest BCUT2D eigenvalue weighted by Crippen LogP contribution is 2.24. The van der Waals surface area contributed by atoms with E-state index in [1.54, 1.807) is 19.1 Å². The smallest absolute Gasteiger partial charge is 0.267 e. The van der Waals surface area contributed by atoms with Crippen LogP contribution in [0.4, 0.5) is 10.8 Å². The van der Waals surface area contributed by atoms with Crippen molar-refractivity contribution in [3.05, 3.63) is 76.3 Å². The summed E-state index contributed by atoms with van der Waals surface area (Å²) < 4.78 is 0. The van der Waals surface area contributed by atoms with E-state index < -0.39 is 0 Å². The summed E-state index contributed by atoms with van der Waals surface area (Å²) in [5.41, 5.74) is 2.93. The number of hydrogen-bond donors (Lipinski definition) is 2. The van der Waals surface area contributed by atoms with Crippen molar-refractivity contribution in [2.24, 2.45) is 0 Å². The summed E-state index contributed by atoms with van der Waals surface area (Å²) in [4.78, 5) is 29.4. The maximum atomic E-state index is 12.4. The van der Waals surface area contributed by atoms with Crippen LogP contribution in [0, 0.1) is 13.8 Å². The van der Waals surface area contributed by atoms with Crippen LogP contribution in [0.5, 0.6) is 0 Å². The number of thiazole rings is 1. The van der Waals surface area contributed by atoms with Gasteiger partial charge in [0.15, 0.2) is 5.13 Å². The molecule has 0 atom stereocenters. The number of anilines is 2. The molecular weight excluding hydrogens is 334 g/mol. The van der Waals surface area contributed by atoms with Crippen LogP contribution >= 0.6 is 11.3 Å². The van der Waals surface area contributed by atoms with E-state index in [4.69, 9.17) is 0 Å². The number of hydrogen-bond acceptors (Lipinski definition) is 4. The number of carbonyl (C=O) groups is 2. The van der Waals surface area contributed by atoms with E-state index in [0.29, 0.717) is 27.0 Å². The molecule has 0 radical (unpaired) electrons. The zero-order valence-electron chi connectivity index (χ0n) is 13.9. The van der Waals surface area contributed by atoms with Crippen LogP contribution in [0.15, 0.2) is 54.6 Å². The highest BCUT2D eigenvalue weighted by atomic mass is 32.1. The Bertz CT molecular complexity index is 902. The minimum absolute atomic E-state index is 0.239. The Morgan fingerprint density at radius 1 is 0.880 bits per heavy atom. The topological polar surface area (TPSA) is 71.1 Å². The zero-order chi connectivity index (χ0) is 17.8. The van der Waals surface area contributed by atoms with Crippen LogP contribution in [0.3, 0.4) is 0 Å². The molecule has 0 saturated carbocycles. The second-order valence-corrected chi connectivity index (χ2v) is 6.57. The number of para-hydroxylation sites is 1. The maximum absolute atomic E-state index is 12.4. The number of carbonyl (C=O) groups excluding carboxylic acids is 2. The van der Waals surface area contributed by atoms with Gasteiger partial charge in [-0.1, -0.05) is 47.2 Å². The molecule has 3 aromatic rings. The van der Waals surface area contributed by atoms with Gasteiger partial charge in [0.2, 0.25) is 0 Å². The lowest BCUT2D eigenvalue weighted by Gasteiger charge is -2.03. The second kappa shape index (κ2) is 7.27. The first kappa shape index (κ1) is 16.9. The number of nitrogens with one attached hydrogen (secondary N) is 2. The second-order valence-electron chi connectivity index (χ2n) is 5.57. The lowest BCUT2D eigenvalue weighted by molar-refractivity contribution is 0.102. The first-order chi connectivity index (χ1) is 12.0. The number of aryl methyl sites for hydroxylation is 2. The molecule has 0 saturated heterocycles. The van der Waals surface area contributed by atoms with Crippen molar-refractivity contribution in [3.63, 3.8) is 0 Å². The molecule has 2 amide bonds. The molecule has 6 heteroatoms. The molecule has 5 nitrogen and oxygen atoms in total. The van der Waals surface area contributed by atoms with Crippen molar-refractivity contribution in [1.29, 1.82) is 0 Å². The Hall–Kier alpha value is -2.99. The number of nitrogens with zero attached hydrogens (tertiary/aromatic N) is 1. The van der Waals surface area contributed by atoms with Crippen molar-refractivity contribution in [2.45, 2.75) is 13.8 Å². The number of aromatic nitrogens is 1. The van der Waals surface area contributed by atoms with Crippen LogP contribution in [-0.2, 0) is 0 Å². The molecule has 0 spiro atoms. The molecule has 2 aromatic carbocycles. The molecule has 25 heavy (non-hydrogen) atoms. The van der Waals surface area contributed by atoms with Crippen LogP contribution in [0.2, 0.25) is 0 Å². The predicted octanol–water partition coefficient (Wildman–Crippen LogP) is 4.26. The first-order valence-electron chi connectivity index (χ1n) is 7.75. The zero-order valence-corrected chi connectivity index (χ0v) is 14.7. The molecule has 0 aliphatic carbocycles. The summed E-state index contributed by atoms with van der Waals surface area (Å²) in [7, 11) is 0. The third-order valence-electron chi connectivity index (χ3n) is 3.57. The quantitative estimate of drug-likeness (QED) is 0.737. The first-order valence-corrected chi connectivity index (χ1v) is 8.56. The van der Waals surface area contributed by atoms with E-state index in [1.165, 1.54) is 0 Å². The van der Waals surface area contributed by atoms with Crippen molar-refractivity contribution in [2.75, 3.05) is 10.6 Å². The van der Waals surface area contributed by atoms with E-state index in [0.717, 1.165) is 16.9 Å². The molecule has 3 rings (SSSR count). The van der Waals surface area contributed by atoms with Gasteiger partial charge >= 0.3 is 0 Å². The van der Waals surface area contributed by atoms with Crippen molar-refractivity contribution < 1.29 is 9.59 Å². The molecule has 1 aromatic heterocycles. The summed E-state index contributed by atoms with van der Waals surface area (Å²) in [5, 5.41) is 5.97. The molecule has 0 unspecified atom stereocenters. The van der Waals surface area contributed by atoms with Gasteiger partial charge in [-0.15, -0.1) is 0 Å². The summed E-state index contributed by atoms with van der Waals surface area (Å²) in [5.74, 6) is -0.485. The van der Waals surface area contributed by atoms with Crippen LogP contribution in [-0.4, -0.2) is 16.8 Å². The van der Waals surface area contributed by atoms with E-state index in [9.17, 15) is 9.59 Å². The molecule has 126 valence electrons. The Kier molecular flexibility index (Phi) is 4.90. The van der Waals surface area contributed by atoms with E-state index in [1.807, 2.05) is 49.4 Å². The monoisotopic (exact) mass is 351 g/mol. The lowest BCUT2D eigenvalue weighted by Crippen LogP contribution is -2.11. The summed E-state index contributed by atoms with van der Waals surface area (Å²) in [6, 6.07) is 16.5. The van der Waals surface area contributed by atoms with Crippen molar-refractivity contribution in [1.82, 2.24) is 4.98 Å². The van der Waals surface area contributed by atoms with Gasteiger partial charge in [0, 0.05) is 11.3 Å². The average Bonchev–Trinajstić information content (AvgIpc) is 2.96. The van der Waals surface area contributed by atoms with Gasteiger partial charge in [0.1, 0.15) is 4.88 Å². The fourth-order valence-corrected chi connectivity index (χ4v) is 3.10. The number of rotatable bonds is 4. The van der Waals surface area contributed by atoms with Crippen LogP contribution < -0.4 is 10.6 Å². The van der Waals surface area contributed by atoms with Gasteiger partial charge in [-0.05, 0) is 38.1 Å². The van der Waals surface area contributed by atoms with Crippen molar-refractivity contribution >= 4 is 34.0 Å². The molecular formula is C19H17N3O2S. The Morgan fingerprint density at radius 2 is 1.56 bits per heavy atom. The largest absolute Gasteiger partial charge is 0.321 e. The normalized spacial score (nSPS) is 10.3. The van der Waals surface area contributed by atoms with Gasteiger partial charge < -0.3 is 5.32 Å². The number of benzene rings is 2. The third kappa shape index (κ3) is 4.10. The standard InChI is InChI=1S/C19H17N3O2S/c1-12-8-10-14(11-9-12)17(23)22-19-20-13(2)16(25-19)18(24)21-15-6-4-3-5-7-15/h3-11H,1-2H3,(H,21,24)(H,20,22,23). The molecule has 0 bridgehead atoms. The van der Waals surface area contributed by atoms with Gasteiger partial charge in [0.05, 0.1) is 5.69 Å². The summed E-state index contributed by atoms with van der Waals surface area (Å²) in [6.07, 6.45) is 0. The SMILES string of the molecule is Cc1ccc(C(=O)Nc2nc(C)c(C(=O)Nc3ccccc3)s2)cc1.